The van der Waals surface area contributed by atoms with Gasteiger partial charge in [-0.2, -0.15) is 0 Å². The number of ether oxygens (including phenoxy) is 2. The molecule has 0 fully saturated rings. The average Bonchev–Trinajstić information content (AvgIpc) is 2.91. The van der Waals surface area contributed by atoms with E-state index in [0.717, 1.165) is 34.4 Å². The topological polar surface area (TPSA) is 64.6 Å². The van der Waals surface area contributed by atoms with Gasteiger partial charge >= 0.3 is 0 Å². The van der Waals surface area contributed by atoms with Crippen LogP contribution in [0.15, 0.2) is 84.1 Å². The number of carbonyl (C=O) groups excluding carboxylic acids is 2. The highest BCUT2D eigenvalue weighted by atomic mass is 16.5. The fourth-order valence-corrected chi connectivity index (χ4v) is 5.26. The van der Waals surface area contributed by atoms with E-state index in [4.69, 9.17) is 9.47 Å². The lowest BCUT2D eigenvalue weighted by Crippen LogP contribution is -2.38. The minimum Gasteiger partial charge on any atom is -0.493 e. The van der Waals surface area contributed by atoms with Crippen LogP contribution in [0.4, 0.5) is 0 Å². The molecule has 5 rings (SSSR count). The number of nitrogens with one attached hydrogen (secondary N) is 1. The summed E-state index contributed by atoms with van der Waals surface area (Å²) in [5.74, 6) is 1.05. The van der Waals surface area contributed by atoms with Crippen molar-refractivity contribution in [2.24, 2.45) is 0 Å². The number of hydrogen-bond donors (Lipinski definition) is 1. The first-order valence-electron chi connectivity index (χ1n) is 12.5. The molecule has 1 aliphatic heterocycles. The predicted octanol–water partition coefficient (Wildman–Crippen LogP) is 5.84. The van der Waals surface area contributed by atoms with Gasteiger partial charge in [-0.25, -0.2) is 0 Å². The molecule has 1 heterocycles. The Morgan fingerprint density at radius 3 is 2.31 bits per heavy atom. The summed E-state index contributed by atoms with van der Waals surface area (Å²) in [7, 11) is 1.60. The molecule has 3 aromatic rings. The number of hydrogen-bond acceptors (Lipinski definition) is 4. The summed E-state index contributed by atoms with van der Waals surface area (Å²) in [5, 5.41) is 3.01. The molecule has 1 N–H and O–H groups in total. The Hall–Kier alpha value is -3.86. The number of aryl methyl sites for hydroxylation is 1. The predicted molar refractivity (Wildman–Crippen MR) is 139 cm³/mol. The highest BCUT2D eigenvalue weighted by molar-refractivity contribution is 6.02. The van der Waals surface area contributed by atoms with E-state index in [9.17, 15) is 9.59 Å². The van der Waals surface area contributed by atoms with Gasteiger partial charge in [0.1, 0.15) is 6.61 Å². The number of amides is 1. The third kappa shape index (κ3) is 4.92. The molecule has 2 unspecified atom stereocenters. The first-order valence-corrected chi connectivity index (χ1v) is 12.5. The molecule has 0 radical (unpaired) electrons. The van der Waals surface area contributed by atoms with Crippen LogP contribution >= 0.6 is 0 Å². The Morgan fingerprint density at radius 1 is 0.833 bits per heavy atom. The molecule has 0 saturated carbocycles. The number of allylic oxidation sites excluding steroid dienone is 2. The summed E-state index contributed by atoms with van der Waals surface area (Å²) in [4.78, 5) is 26.1. The first kappa shape index (κ1) is 23.9. The Balaban J connectivity index is 1.40. The number of benzene rings is 3. The lowest BCUT2D eigenvalue weighted by molar-refractivity contribution is -0.122. The fraction of sp³-hybridized carbons (Fsp3) is 0.290. The van der Waals surface area contributed by atoms with Crippen molar-refractivity contribution in [1.29, 1.82) is 0 Å². The van der Waals surface area contributed by atoms with Crippen molar-refractivity contribution in [3.05, 3.63) is 106 Å². The van der Waals surface area contributed by atoms with E-state index in [1.165, 1.54) is 5.56 Å². The minimum atomic E-state index is -0.290. The second kappa shape index (κ2) is 10.4. The zero-order valence-corrected chi connectivity index (χ0v) is 20.8. The van der Waals surface area contributed by atoms with Crippen LogP contribution < -0.4 is 14.8 Å². The molecule has 2 aliphatic rings. The molecule has 5 heteroatoms. The van der Waals surface area contributed by atoms with Crippen LogP contribution in [0.5, 0.6) is 11.5 Å². The second-order valence-electron chi connectivity index (χ2n) is 9.51. The minimum absolute atomic E-state index is 0.0584. The maximum absolute atomic E-state index is 13.4. The third-order valence-electron chi connectivity index (χ3n) is 7.22. The SMILES string of the molecule is CCc1ccc(C2CC(=O)C3=C(C2)NC(=O)CC3c2ccc(OCc3ccccc3)c(OC)c2)cc1. The van der Waals surface area contributed by atoms with E-state index >= 15 is 0 Å². The Morgan fingerprint density at radius 2 is 1.58 bits per heavy atom. The number of Topliss-reactive ketones (excluding diaryl/α,β-unsaturated/α-hetero) is 1. The Labute approximate surface area is 212 Å². The molecule has 36 heavy (non-hydrogen) atoms. The smallest absolute Gasteiger partial charge is 0.225 e. The summed E-state index contributed by atoms with van der Waals surface area (Å²) < 4.78 is 11.6. The molecule has 2 atom stereocenters. The summed E-state index contributed by atoms with van der Waals surface area (Å²) in [6.07, 6.45) is 2.33. The molecular formula is C31H31NO4. The average molecular weight is 482 g/mol. The molecule has 1 aliphatic carbocycles. The standard InChI is InChI=1S/C31H31NO4/c1-3-20-9-11-22(12-10-20)24-15-26-31(27(33)16-24)25(18-30(34)32-26)23-13-14-28(29(17-23)35-2)36-19-21-7-5-4-6-8-21/h4-14,17,24-25H,3,15-16,18-19H2,1-2H3,(H,32,34). The summed E-state index contributed by atoms with van der Waals surface area (Å²) in [6.45, 7) is 2.56. The van der Waals surface area contributed by atoms with Crippen molar-refractivity contribution in [3.63, 3.8) is 0 Å². The lowest BCUT2D eigenvalue weighted by atomic mass is 9.73. The van der Waals surface area contributed by atoms with Gasteiger partial charge in [0.15, 0.2) is 17.3 Å². The van der Waals surface area contributed by atoms with E-state index < -0.39 is 0 Å². The van der Waals surface area contributed by atoms with Gasteiger partial charge in [0, 0.05) is 30.0 Å². The monoisotopic (exact) mass is 481 g/mol. The van der Waals surface area contributed by atoms with Crippen molar-refractivity contribution in [2.75, 3.05) is 7.11 Å². The van der Waals surface area contributed by atoms with E-state index in [1.54, 1.807) is 7.11 Å². The van der Waals surface area contributed by atoms with Crippen LogP contribution in [0.1, 0.15) is 60.3 Å². The summed E-state index contributed by atoms with van der Waals surface area (Å²) in [5.41, 5.74) is 5.87. The lowest BCUT2D eigenvalue weighted by Gasteiger charge is -2.34. The highest BCUT2D eigenvalue weighted by Crippen LogP contribution is 2.44. The maximum atomic E-state index is 13.4. The molecule has 3 aromatic carbocycles. The Kier molecular flexibility index (Phi) is 6.90. The second-order valence-corrected chi connectivity index (χ2v) is 9.51. The molecule has 0 aromatic heterocycles. The molecule has 184 valence electrons. The molecule has 0 saturated heterocycles. The van der Waals surface area contributed by atoms with E-state index in [0.29, 0.717) is 30.9 Å². The fourth-order valence-electron chi connectivity index (χ4n) is 5.26. The first-order chi connectivity index (χ1) is 17.6. The van der Waals surface area contributed by atoms with E-state index in [1.807, 2.05) is 48.5 Å². The van der Waals surface area contributed by atoms with Crippen LogP contribution in [-0.2, 0) is 22.6 Å². The molecule has 0 spiro atoms. The number of methoxy groups -OCH3 is 1. The van der Waals surface area contributed by atoms with E-state index in [-0.39, 0.29) is 29.9 Å². The quantitative estimate of drug-likeness (QED) is 0.460. The van der Waals surface area contributed by atoms with Crippen LogP contribution in [0.2, 0.25) is 0 Å². The van der Waals surface area contributed by atoms with Crippen LogP contribution in [0.25, 0.3) is 0 Å². The molecular weight excluding hydrogens is 450 g/mol. The van der Waals surface area contributed by atoms with Crippen molar-refractivity contribution in [3.8, 4) is 11.5 Å². The van der Waals surface area contributed by atoms with Crippen molar-refractivity contribution in [1.82, 2.24) is 5.32 Å². The van der Waals surface area contributed by atoms with Crippen LogP contribution in [0.3, 0.4) is 0 Å². The molecule has 5 nitrogen and oxygen atoms in total. The number of ketones is 1. The van der Waals surface area contributed by atoms with Gasteiger partial charge in [-0.05, 0) is 53.1 Å². The van der Waals surface area contributed by atoms with Gasteiger partial charge in [0.25, 0.3) is 0 Å². The third-order valence-corrected chi connectivity index (χ3v) is 7.22. The van der Waals surface area contributed by atoms with Crippen molar-refractivity contribution in [2.45, 2.75) is 51.0 Å². The van der Waals surface area contributed by atoms with Gasteiger partial charge in [0.2, 0.25) is 5.91 Å². The van der Waals surface area contributed by atoms with Gasteiger partial charge in [-0.15, -0.1) is 0 Å². The van der Waals surface area contributed by atoms with E-state index in [2.05, 4.69) is 36.5 Å². The molecule has 0 bridgehead atoms. The maximum Gasteiger partial charge on any atom is 0.225 e. The zero-order chi connectivity index (χ0) is 25.1. The molecule has 1 amide bonds. The normalized spacial score (nSPS) is 19.5. The summed E-state index contributed by atoms with van der Waals surface area (Å²) >= 11 is 0. The van der Waals surface area contributed by atoms with Crippen LogP contribution in [-0.4, -0.2) is 18.8 Å². The Bertz CT molecular complexity index is 1290. The van der Waals surface area contributed by atoms with Gasteiger partial charge in [-0.3, -0.25) is 9.59 Å². The van der Waals surface area contributed by atoms with Crippen molar-refractivity contribution >= 4 is 11.7 Å². The van der Waals surface area contributed by atoms with Gasteiger partial charge in [0.05, 0.1) is 7.11 Å². The van der Waals surface area contributed by atoms with Gasteiger partial charge in [-0.1, -0.05) is 67.6 Å². The summed E-state index contributed by atoms with van der Waals surface area (Å²) in [6, 6.07) is 24.1. The highest BCUT2D eigenvalue weighted by Gasteiger charge is 2.38. The van der Waals surface area contributed by atoms with Gasteiger partial charge < -0.3 is 14.8 Å². The van der Waals surface area contributed by atoms with Crippen molar-refractivity contribution < 1.29 is 19.1 Å². The largest absolute Gasteiger partial charge is 0.493 e. The zero-order valence-electron chi connectivity index (χ0n) is 20.8. The van der Waals surface area contributed by atoms with Crippen LogP contribution in [0, 0.1) is 0 Å². The number of carbonyl (C=O) groups is 2. The number of rotatable bonds is 7.